The zero-order chi connectivity index (χ0) is 12.4. The second-order valence-electron chi connectivity index (χ2n) is 4.09. The number of thiazole rings is 1. The molecule has 0 atom stereocenters. The molecule has 92 valence electrons. The van der Waals surface area contributed by atoms with Gasteiger partial charge in [-0.15, -0.1) is 11.3 Å². The summed E-state index contributed by atoms with van der Waals surface area (Å²) >= 11 is 1.59. The number of aromatic nitrogens is 3. The maximum Gasteiger partial charge on any atom is 0.114 e. The monoisotopic (exact) mass is 250 g/mol. The van der Waals surface area contributed by atoms with E-state index in [0.29, 0.717) is 0 Å². The van der Waals surface area contributed by atoms with Crippen LogP contribution < -0.4 is 5.73 Å². The highest BCUT2D eigenvalue weighted by Gasteiger charge is 2.15. The molecule has 2 aromatic rings. The van der Waals surface area contributed by atoms with Crippen LogP contribution in [0.15, 0.2) is 6.20 Å². The number of hydrogen-bond donors (Lipinski definition) is 1. The Bertz CT molecular complexity index is 513. The first-order chi connectivity index (χ1) is 8.15. The highest BCUT2D eigenvalue weighted by atomic mass is 32.1. The van der Waals surface area contributed by atoms with Gasteiger partial charge in [-0.2, -0.15) is 5.10 Å². The molecule has 17 heavy (non-hydrogen) atoms. The summed E-state index contributed by atoms with van der Waals surface area (Å²) < 4.78 is 1.83. The Morgan fingerprint density at radius 3 is 2.82 bits per heavy atom. The van der Waals surface area contributed by atoms with Crippen molar-refractivity contribution in [3.8, 4) is 11.3 Å². The van der Waals surface area contributed by atoms with Crippen LogP contribution in [0.4, 0.5) is 5.00 Å². The van der Waals surface area contributed by atoms with E-state index >= 15 is 0 Å². The van der Waals surface area contributed by atoms with Gasteiger partial charge in [0.05, 0.1) is 10.7 Å². The Kier molecular flexibility index (Phi) is 3.47. The lowest BCUT2D eigenvalue weighted by molar-refractivity contribution is 0.746. The third kappa shape index (κ3) is 2.34. The standard InChI is InChI=1S/C12H18N4S/c1-4-6-10-14-11(12(13)17-10)8-7-16(3)15-9(8)5-2/h7H,4-6,13H2,1-3H3. The lowest BCUT2D eigenvalue weighted by atomic mass is 10.1. The minimum atomic E-state index is 0.802. The first kappa shape index (κ1) is 12.1. The first-order valence-corrected chi connectivity index (χ1v) is 6.75. The zero-order valence-electron chi connectivity index (χ0n) is 10.5. The van der Waals surface area contributed by atoms with Crippen LogP contribution in [0.3, 0.4) is 0 Å². The van der Waals surface area contributed by atoms with Crippen molar-refractivity contribution in [2.24, 2.45) is 7.05 Å². The summed E-state index contributed by atoms with van der Waals surface area (Å²) in [6, 6.07) is 0. The normalized spacial score (nSPS) is 11.0. The van der Waals surface area contributed by atoms with Crippen LogP contribution in [0.1, 0.15) is 31.0 Å². The third-order valence-corrected chi connectivity index (χ3v) is 3.60. The minimum Gasteiger partial charge on any atom is -0.389 e. The number of nitrogens with two attached hydrogens (primary N) is 1. The van der Waals surface area contributed by atoms with Crippen molar-refractivity contribution in [2.45, 2.75) is 33.1 Å². The van der Waals surface area contributed by atoms with Gasteiger partial charge in [-0.05, 0) is 19.3 Å². The van der Waals surface area contributed by atoms with Crippen LogP contribution in [0.2, 0.25) is 0 Å². The smallest absolute Gasteiger partial charge is 0.114 e. The number of hydrogen-bond acceptors (Lipinski definition) is 4. The fourth-order valence-electron chi connectivity index (χ4n) is 1.89. The molecule has 0 bridgehead atoms. The van der Waals surface area contributed by atoms with E-state index < -0.39 is 0 Å². The number of aryl methyl sites for hydroxylation is 3. The third-order valence-electron chi connectivity index (χ3n) is 2.66. The Morgan fingerprint density at radius 2 is 2.18 bits per heavy atom. The number of nitrogens with zero attached hydrogens (tertiary/aromatic N) is 3. The highest BCUT2D eigenvalue weighted by Crippen LogP contribution is 2.32. The molecule has 2 N–H and O–H groups in total. The second-order valence-corrected chi connectivity index (χ2v) is 5.20. The summed E-state index contributed by atoms with van der Waals surface area (Å²) in [5, 5.41) is 6.35. The topological polar surface area (TPSA) is 56.7 Å². The van der Waals surface area contributed by atoms with E-state index in [1.807, 2.05) is 17.9 Å². The molecule has 2 heterocycles. The molecule has 5 heteroatoms. The highest BCUT2D eigenvalue weighted by molar-refractivity contribution is 7.16. The lowest BCUT2D eigenvalue weighted by Crippen LogP contribution is -1.90. The Balaban J connectivity index is 2.44. The van der Waals surface area contributed by atoms with Crippen molar-refractivity contribution in [2.75, 3.05) is 5.73 Å². The van der Waals surface area contributed by atoms with Gasteiger partial charge in [0.15, 0.2) is 0 Å². The van der Waals surface area contributed by atoms with E-state index in [2.05, 4.69) is 23.9 Å². The fraction of sp³-hybridized carbons (Fsp3) is 0.500. The largest absolute Gasteiger partial charge is 0.389 e. The van der Waals surface area contributed by atoms with E-state index in [4.69, 9.17) is 5.73 Å². The van der Waals surface area contributed by atoms with Gasteiger partial charge in [-0.1, -0.05) is 13.8 Å². The van der Waals surface area contributed by atoms with Gasteiger partial charge >= 0.3 is 0 Å². The maximum absolute atomic E-state index is 6.06. The van der Waals surface area contributed by atoms with Crippen molar-refractivity contribution in [1.82, 2.24) is 14.8 Å². The van der Waals surface area contributed by atoms with Crippen molar-refractivity contribution < 1.29 is 0 Å². The molecule has 0 aliphatic rings. The van der Waals surface area contributed by atoms with Crippen LogP contribution >= 0.6 is 11.3 Å². The molecule has 0 unspecified atom stereocenters. The summed E-state index contributed by atoms with van der Waals surface area (Å²) in [5.41, 5.74) is 9.10. The Hall–Kier alpha value is -1.36. The lowest BCUT2D eigenvalue weighted by Gasteiger charge is -1.96. The van der Waals surface area contributed by atoms with E-state index in [0.717, 1.165) is 46.2 Å². The van der Waals surface area contributed by atoms with E-state index in [1.165, 1.54) is 0 Å². The van der Waals surface area contributed by atoms with Crippen LogP contribution in [0, 0.1) is 0 Å². The molecule has 0 saturated heterocycles. The van der Waals surface area contributed by atoms with Gasteiger partial charge in [0.25, 0.3) is 0 Å². The van der Waals surface area contributed by atoms with Crippen molar-refractivity contribution in [3.63, 3.8) is 0 Å². The molecular formula is C12H18N4S. The summed E-state index contributed by atoms with van der Waals surface area (Å²) in [7, 11) is 1.93. The zero-order valence-corrected chi connectivity index (χ0v) is 11.3. The molecular weight excluding hydrogens is 232 g/mol. The molecule has 0 aromatic carbocycles. The Labute approximate surface area is 105 Å². The van der Waals surface area contributed by atoms with E-state index in [-0.39, 0.29) is 0 Å². The second kappa shape index (κ2) is 4.87. The van der Waals surface area contributed by atoms with E-state index in [1.54, 1.807) is 11.3 Å². The van der Waals surface area contributed by atoms with Gasteiger partial charge in [0.1, 0.15) is 10.7 Å². The quantitative estimate of drug-likeness (QED) is 0.907. The van der Waals surface area contributed by atoms with Crippen LogP contribution in [0.25, 0.3) is 11.3 Å². The van der Waals surface area contributed by atoms with Crippen molar-refractivity contribution in [1.29, 1.82) is 0 Å². The summed E-state index contributed by atoms with van der Waals surface area (Å²) in [4.78, 5) is 4.63. The predicted molar refractivity (Wildman–Crippen MR) is 72.1 cm³/mol. The van der Waals surface area contributed by atoms with Gasteiger partial charge in [0, 0.05) is 18.8 Å². The molecule has 0 aliphatic carbocycles. The molecule has 0 spiro atoms. The van der Waals surface area contributed by atoms with Crippen molar-refractivity contribution >= 4 is 16.3 Å². The molecule has 0 radical (unpaired) electrons. The van der Waals surface area contributed by atoms with Crippen LogP contribution in [0.5, 0.6) is 0 Å². The number of rotatable bonds is 4. The first-order valence-electron chi connectivity index (χ1n) is 5.93. The average molecular weight is 250 g/mol. The Morgan fingerprint density at radius 1 is 1.41 bits per heavy atom. The molecule has 0 amide bonds. The molecule has 2 aromatic heterocycles. The minimum absolute atomic E-state index is 0.802. The van der Waals surface area contributed by atoms with Crippen molar-refractivity contribution in [3.05, 3.63) is 16.9 Å². The summed E-state index contributed by atoms with van der Waals surface area (Å²) in [6.07, 6.45) is 4.99. The SMILES string of the molecule is CCCc1nc(-c2cn(C)nc2CC)c(N)s1. The summed E-state index contributed by atoms with van der Waals surface area (Å²) in [6.45, 7) is 4.25. The van der Waals surface area contributed by atoms with Gasteiger partial charge in [0.2, 0.25) is 0 Å². The number of anilines is 1. The summed E-state index contributed by atoms with van der Waals surface area (Å²) in [5.74, 6) is 0. The van der Waals surface area contributed by atoms with Gasteiger partial charge in [-0.25, -0.2) is 4.98 Å². The number of nitrogen functional groups attached to an aromatic ring is 1. The van der Waals surface area contributed by atoms with Gasteiger partial charge < -0.3 is 5.73 Å². The van der Waals surface area contributed by atoms with E-state index in [9.17, 15) is 0 Å². The predicted octanol–water partition coefficient (Wildman–Crippen LogP) is 2.64. The van der Waals surface area contributed by atoms with Crippen LogP contribution in [-0.2, 0) is 19.9 Å². The average Bonchev–Trinajstić information content (AvgIpc) is 2.82. The molecule has 4 nitrogen and oxygen atoms in total. The molecule has 0 aliphatic heterocycles. The fourth-order valence-corrected chi connectivity index (χ4v) is 2.83. The van der Waals surface area contributed by atoms with Gasteiger partial charge in [-0.3, -0.25) is 4.68 Å². The maximum atomic E-state index is 6.06. The molecule has 0 fully saturated rings. The molecule has 2 rings (SSSR count). The van der Waals surface area contributed by atoms with Crippen LogP contribution in [-0.4, -0.2) is 14.8 Å². The molecule has 0 saturated carbocycles.